The number of thioether (sulfide) groups is 1. The third-order valence-electron chi connectivity index (χ3n) is 2.58. The van der Waals surface area contributed by atoms with Crippen LogP contribution in [0.5, 0.6) is 0 Å². The third-order valence-corrected chi connectivity index (χ3v) is 4.72. The Morgan fingerprint density at radius 1 is 1.61 bits per heavy atom. The van der Waals surface area contributed by atoms with Gasteiger partial charge in [-0.1, -0.05) is 6.07 Å². The second-order valence-corrected chi connectivity index (χ2v) is 7.00. The molecule has 1 aromatic heterocycles. The lowest BCUT2D eigenvalue weighted by Gasteiger charge is -2.30. The van der Waals surface area contributed by atoms with Gasteiger partial charge in [-0.25, -0.2) is 0 Å². The molecule has 3 nitrogen and oxygen atoms in total. The summed E-state index contributed by atoms with van der Waals surface area (Å²) in [5.74, 6) is 0.703. The van der Waals surface area contributed by atoms with Crippen LogP contribution in [-0.4, -0.2) is 30.4 Å². The highest BCUT2D eigenvalue weighted by Crippen LogP contribution is 2.26. The number of carbonyl (C=O) groups excluding carboxylic acids is 1. The van der Waals surface area contributed by atoms with E-state index in [2.05, 4.69) is 16.8 Å². The van der Waals surface area contributed by atoms with Crippen LogP contribution >= 0.6 is 23.1 Å². The van der Waals surface area contributed by atoms with Crippen LogP contribution in [0.15, 0.2) is 21.7 Å². The van der Waals surface area contributed by atoms with E-state index >= 15 is 0 Å². The normalized spacial score (nSPS) is 14.5. The van der Waals surface area contributed by atoms with Crippen molar-refractivity contribution < 1.29 is 9.53 Å². The second-order valence-electron chi connectivity index (χ2n) is 4.65. The summed E-state index contributed by atoms with van der Waals surface area (Å²) in [5, 5.41) is 5.37. The van der Waals surface area contributed by atoms with Crippen LogP contribution in [0, 0.1) is 0 Å². The molecule has 102 valence electrons. The summed E-state index contributed by atoms with van der Waals surface area (Å²) in [6.07, 6.45) is 0.750. The van der Waals surface area contributed by atoms with Gasteiger partial charge in [0, 0.05) is 11.8 Å². The first-order valence-corrected chi connectivity index (χ1v) is 7.87. The number of hydrogen-bond donors (Lipinski definition) is 1. The zero-order chi connectivity index (χ0) is 13.6. The van der Waals surface area contributed by atoms with E-state index < -0.39 is 5.54 Å². The number of methoxy groups -OCH3 is 1. The lowest BCUT2D eigenvalue weighted by atomic mass is 9.98. The van der Waals surface area contributed by atoms with Crippen LogP contribution in [0.1, 0.15) is 27.2 Å². The minimum absolute atomic E-state index is 0.192. The van der Waals surface area contributed by atoms with E-state index in [9.17, 15) is 4.79 Å². The van der Waals surface area contributed by atoms with E-state index in [1.807, 2.05) is 26.8 Å². The first-order valence-electron chi connectivity index (χ1n) is 6.00. The van der Waals surface area contributed by atoms with Crippen LogP contribution in [0.2, 0.25) is 0 Å². The third kappa shape index (κ3) is 4.63. The van der Waals surface area contributed by atoms with Gasteiger partial charge in [-0.2, -0.15) is 0 Å². The van der Waals surface area contributed by atoms with E-state index in [1.54, 1.807) is 23.1 Å². The van der Waals surface area contributed by atoms with Crippen molar-refractivity contribution in [2.45, 2.75) is 43.0 Å². The zero-order valence-corrected chi connectivity index (χ0v) is 13.0. The molecule has 0 saturated carbocycles. The molecule has 1 unspecified atom stereocenters. The van der Waals surface area contributed by atoms with Crippen LogP contribution in [0.3, 0.4) is 0 Å². The molecule has 1 heterocycles. The molecule has 0 bridgehead atoms. The molecule has 0 saturated heterocycles. The summed E-state index contributed by atoms with van der Waals surface area (Å²) in [6, 6.07) is 4.39. The largest absolute Gasteiger partial charge is 0.468 e. The van der Waals surface area contributed by atoms with Crippen molar-refractivity contribution >= 4 is 29.1 Å². The lowest BCUT2D eigenvalue weighted by molar-refractivity contribution is -0.148. The average Bonchev–Trinajstić information content (AvgIpc) is 2.80. The number of nitrogens with one attached hydrogen (secondary N) is 1. The maximum atomic E-state index is 11.9. The molecule has 0 fully saturated rings. The fraction of sp³-hybridized carbons (Fsp3) is 0.615. The van der Waals surface area contributed by atoms with Gasteiger partial charge in [0.2, 0.25) is 0 Å². The Labute approximate surface area is 117 Å². The first-order chi connectivity index (χ1) is 8.48. The number of thiophene rings is 1. The fourth-order valence-electron chi connectivity index (χ4n) is 1.80. The van der Waals surface area contributed by atoms with Crippen LogP contribution in [0.4, 0.5) is 0 Å². The van der Waals surface area contributed by atoms with Crippen LogP contribution in [-0.2, 0) is 9.53 Å². The molecule has 0 radical (unpaired) electrons. The Morgan fingerprint density at radius 2 is 2.33 bits per heavy atom. The molecule has 1 N–H and O–H groups in total. The van der Waals surface area contributed by atoms with Crippen LogP contribution < -0.4 is 5.32 Å². The molecule has 0 aliphatic heterocycles. The van der Waals surface area contributed by atoms with Gasteiger partial charge in [0.15, 0.2) is 0 Å². The highest BCUT2D eigenvalue weighted by atomic mass is 32.2. The molecule has 0 amide bonds. The topological polar surface area (TPSA) is 38.3 Å². The molecular weight excluding hydrogens is 266 g/mol. The van der Waals surface area contributed by atoms with Crippen molar-refractivity contribution in [1.29, 1.82) is 0 Å². The predicted molar refractivity (Wildman–Crippen MR) is 78.4 cm³/mol. The molecule has 5 heteroatoms. The molecule has 18 heavy (non-hydrogen) atoms. The van der Waals surface area contributed by atoms with Crippen LogP contribution in [0.25, 0.3) is 0 Å². The number of carbonyl (C=O) groups is 1. The molecule has 0 aliphatic rings. The number of esters is 1. The van der Waals surface area contributed by atoms with Gasteiger partial charge in [-0.3, -0.25) is 10.1 Å². The maximum absolute atomic E-state index is 11.9. The second kappa shape index (κ2) is 7.16. The van der Waals surface area contributed by atoms with Crippen molar-refractivity contribution in [2.24, 2.45) is 0 Å². The highest BCUT2D eigenvalue weighted by molar-refractivity contribution is 8.01. The monoisotopic (exact) mass is 287 g/mol. The smallest absolute Gasteiger partial charge is 0.325 e. The van der Waals surface area contributed by atoms with Crippen molar-refractivity contribution in [2.75, 3.05) is 12.9 Å². The van der Waals surface area contributed by atoms with Gasteiger partial charge in [0.1, 0.15) is 5.54 Å². The Bertz CT molecular complexity index is 365. The quantitative estimate of drug-likeness (QED) is 0.617. The Morgan fingerprint density at radius 3 is 2.83 bits per heavy atom. The van der Waals surface area contributed by atoms with Crippen molar-refractivity contribution in [3.8, 4) is 0 Å². The molecule has 0 spiro atoms. The van der Waals surface area contributed by atoms with Gasteiger partial charge in [0.25, 0.3) is 0 Å². The summed E-state index contributed by atoms with van der Waals surface area (Å²) in [5.41, 5.74) is -0.604. The van der Waals surface area contributed by atoms with E-state index in [0.717, 1.165) is 12.2 Å². The SMILES string of the molecule is COC(=O)C(C)(CCSc1cccs1)NC(C)C. The maximum Gasteiger partial charge on any atom is 0.325 e. The zero-order valence-electron chi connectivity index (χ0n) is 11.4. The van der Waals surface area contributed by atoms with Gasteiger partial charge in [-0.05, 0) is 38.6 Å². The molecule has 0 aromatic carbocycles. The standard InChI is InChI=1S/C13H21NO2S2/c1-10(2)14-13(3,12(15)16-4)7-9-18-11-6-5-8-17-11/h5-6,8,10,14H,7,9H2,1-4H3. The van der Waals surface area contributed by atoms with E-state index in [4.69, 9.17) is 4.74 Å². The highest BCUT2D eigenvalue weighted by Gasteiger charge is 2.34. The predicted octanol–water partition coefficient (Wildman–Crippen LogP) is 3.16. The summed E-state index contributed by atoms with van der Waals surface area (Å²) < 4.78 is 6.18. The number of ether oxygens (including phenoxy) is 1. The summed E-state index contributed by atoms with van der Waals surface area (Å²) >= 11 is 3.51. The number of rotatable bonds is 7. The van der Waals surface area contributed by atoms with E-state index in [-0.39, 0.29) is 12.0 Å². The van der Waals surface area contributed by atoms with E-state index in [1.165, 1.54) is 11.3 Å². The molecule has 1 rings (SSSR count). The summed E-state index contributed by atoms with van der Waals surface area (Å²) in [6.45, 7) is 5.98. The van der Waals surface area contributed by atoms with Gasteiger partial charge in [0.05, 0.1) is 11.3 Å². The minimum atomic E-state index is -0.604. The molecular formula is C13H21NO2S2. The van der Waals surface area contributed by atoms with Gasteiger partial charge in [-0.15, -0.1) is 23.1 Å². The molecule has 0 aliphatic carbocycles. The van der Waals surface area contributed by atoms with Crippen molar-refractivity contribution in [3.63, 3.8) is 0 Å². The van der Waals surface area contributed by atoms with Gasteiger partial charge < -0.3 is 4.74 Å². The lowest BCUT2D eigenvalue weighted by Crippen LogP contribution is -2.53. The van der Waals surface area contributed by atoms with Crippen molar-refractivity contribution in [1.82, 2.24) is 5.32 Å². The summed E-state index contributed by atoms with van der Waals surface area (Å²) in [4.78, 5) is 11.9. The fourth-order valence-corrected chi connectivity index (χ4v) is 3.82. The molecule has 1 aromatic rings. The Kier molecular flexibility index (Phi) is 6.18. The van der Waals surface area contributed by atoms with Crippen molar-refractivity contribution in [3.05, 3.63) is 17.5 Å². The molecule has 1 atom stereocenters. The van der Waals surface area contributed by atoms with Gasteiger partial charge >= 0.3 is 5.97 Å². The number of hydrogen-bond acceptors (Lipinski definition) is 5. The Hall–Kier alpha value is -0.520. The Balaban J connectivity index is 2.53. The minimum Gasteiger partial charge on any atom is -0.468 e. The first kappa shape index (κ1) is 15.5. The summed E-state index contributed by atoms with van der Waals surface area (Å²) in [7, 11) is 1.44. The average molecular weight is 287 g/mol. The van der Waals surface area contributed by atoms with E-state index in [0.29, 0.717) is 0 Å².